The van der Waals surface area contributed by atoms with Gasteiger partial charge in [-0.15, -0.1) is 0 Å². The number of hydrogen-bond donors (Lipinski definition) is 1. The molecule has 3 rings (SSSR count). The fourth-order valence-corrected chi connectivity index (χ4v) is 2.65. The van der Waals surface area contributed by atoms with Crippen LogP contribution in [0.25, 0.3) is 11.3 Å². The zero-order chi connectivity index (χ0) is 14.1. The third-order valence-corrected chi connectivity index (χ3v) is 3.98. The molecular weight excluding hydrogens is 248 g/mol. The molecule has 2 N–H and O–H groups in total. The molecule has 1 aromatic heterocycles. The van der Waals surface area contributed by atoms with Crippen molar-refractivity contribution in [2.24, 2.45) is 0 Å². The van der Waals surface area contributed by atoms with E-state index in [1.807, 2.05) is 31.2 Å². The van der Waals surface area contributed by atoms with Crippen LogP contribution in [0.3, 0.4) is 0 Å². The first-order valence-corrected chi connectivity index (χ1v) is 7.12. The molecule has 0 amide bonds. The van der Waals surface area contributed by atoms with Crippen LogP contribution in [0.2, 0.25) is 0 Å². The molecule has 1 saturated heterocycles. The normalized spacial score (nSPS) is 14.8. The van der Waals surface area contributed by atoms with E-state index in [1.54, 1.807) is 0 Å². The molecule has 2 aromatic rings. The van der Waals surface area contributed by atoms with Gasteiger partial charge in [0, 0.05) is 30.0 Å². The van der Waals surface area contributed by atoms with Crippen molar-refractivity contribution in [2.75, 3.05) is 23.7 Å². The van der Waals surface area contributed by atoms with Crippen LogP contribution in [0.15, 0.2) is 24.3 Å². The third-order valence-electron chi connectivity index (χ3n) is 3.98. The van der Waals surface area contributed by atoms with Gasteiger partial charge in [0.1, 0.15) is 0 Å². The van der Waals surface area contributed by atoms with Gasteiger partial charge in [-0.25, -0.2) is 9.97 Å². The molecule has 0 unspecified atom stereocenters. The molecule has 0 spiro atoms. The minimum Gasteiger partial charge on any atom is -0.398 e. The van der Waals surface area contributed by atoms with Crippen molar-refractivity contribution in [1.82, 2.24) is 9.97 Å². The third kappa shape index (κ3) is 2.22. The van der Waals surface area contributed by atoms with Crippen LogP contribution in [0.1, 0.15) is 24.1 Å². The zero-order valence-corrected chi connectivity index (χ0v) is 12.1. The Bertz CT molecular complexity index is 630. The first-order chi connectivity index (χ1) is 9.66. The summed E-state index contributed by atoms with van der Waals surface area (Å²) in [6, 6.07) is 7.89. The van der Waals surface area contributed by atoms with Gasteiger partial charge in [0.25, 0.3) is 0 Å². The van der Waals surface area contributed by atoms with Crippen molar-refractivity contribution in [1.29, 1.82) is 0 Å². The minimum absolute atomic E-state index is 0.765. The summed E-state index contributed by atoms with van der Waals surface area (Å²) in [5.41, 5.74) is 10.9. The predicted octanol–water partition coefficient (Wildman–Crippen LogP) is 2.94. The van der Waals surface area contributed by atoms with Gasteiger partial charge in [0.05, 0.1) is 5.69 Å². The summed E-state index contributed by atoms with van der Waals surface area (Å²) < 4.78 is 0. The highest BCUT2D eigenvalue weighted by molar-refractivity contribution is 5.76. The largest absolute Gasteiger partial charge is 0.398 e. The molecular formula is C16H20N4. The summed E-state index contributed by atoms with van der Waals surface area (Å²) in [7, 11) is 0. The average molecular weight is 268 g/mol. The summed E-state index contributed by atoms with van der Waals surface area (Å²) in [5.74, 6) is 0.837. The van der Waals surface area contributed by atoms with Gasteiger partial charge < -0.3 is 10.6 Å². The fourth-order valence-electron chi connectivity index (χ4n) is 2.65. The number of hydrogen-bond acceptors (Lipinski definition) is 4. The molecule has 20 heavy (non-hydrogen) atoms. The summed E-state index contributed by atoms with van der Waals surface area (Å²) in [6.07, 6.45) is 2.44. The van der Waals surface area contributed by atoms with E-state index in [0.717, 1.165) is 47.2 Å². The van der Waals surface area contributed by atoms with Crippen LogP contribution < -0.4 is 10.6 Å². The summed E-state index contributed by atoms with van der Waals surface area (Å²) in [5, 5.41) is 0. The highest BCUT2D eigenvalue weighted by Crippen LogP contribution is 2.30. The standard InChI is InChI=1S/C16H20N4/c1-11-12(2)18-16(20-9-5-6-10-20)19-15(11)13-7-3-4-8-14(13)17/h3-4,7-8H,5-6,9-10,17H2,1-2H3. The lowest BCUT2D eigenvalue weighted by molar-refractivity contribution is 0.885. The number of para-hydroxylation sites is 1. The van der Waals surface area contributed by atoms with Crippen molar-refractivity contribution in [2.45, 2.75) is 26.7 Å². The Balaban J connectivity index is 2.12. The highest BCUT2D eigenvalue weighted by atomic mass is 15.3. The molecule has 1 aromatic carbocycles. The van der Waals surface area contributed by atoms with E-state index in [9.17, 15) is 0 Å². The van der Waals surface area contributed by atoms with Gasteiger partial charge in [-0.05, 0) is 38.3 Å². The number of rotatable bonds is 2. The molecule has 0 radical (unpaired) electrons. The lowest BCUT2D eigenvalue weighted by Gasteiger charge is -2.18. The molecule has 0 saturated carbocycles. The Kier molecular flexibility index (Phi) is 3.30. The monoisotopic (exact) mass is 268 g/mol. The second-order valence-corrected chi connectivity index (χ2v) is 5.36. The molecule has 1 aliphatic rings. The van der Waals surface area contributed by atoms with Crippen molar-refractivity contribution < 1.29 is 0 Å². The smallest absolute Gasteiger partial charge is 0.226 e. The number of benzene rings is 1. The number of aromatic nitrogens is 2. The number of nitrogens with two attached hydrogens (primary N) is 1. The minimum atomic E-state index is 0.765. The van der Waals surface area contributed by atoms with Crippen molar-refractivity contribution >= 4 is 11.6 Å². The van der Waals surface area contributed by atoms with E-state index in [4.69, 9.17) is 10.7 Å². The summed E-state index contributed by atoms with van der Waals surface area (Å²) in [4.78, 5) is 11.7. The highest BCUT2D eigenvalue weighted by Gasteiger charge is 2.18. The molecule has 1 fully saturated rings. The van der Waals surface area contributed by atoms with Gasteiger partial charge in [-0.1, -0.05) is 18.2 Å². The van der Waals surface area contributed by atoms with Gasteiger partial charge in [0.15, 0.2) is 0 Å². The molecule has 4 heteroatoms. The molecule has 2 heterocycles. The number of aryl methyl sites for hydroxylation is 1. The average Bonchev–Trinajstić information content (AvgIpc) is 2.97. The Morgan fingerprint density at radius 1 is 1.05 bits per heavy atom. The number of nitrogen functional groups attached to an aromatic ring is 1. The predicted molar refractivity (Wildman–Crippen MR) is 82.8 cm³/mol. The Morgan fingerprint density at radius 3 is 2.45 bits per heavy atom. The first kappa shape index (κ1) is 12.9. The van der Waals surface area contributed by atoms with Gasteiger partial charge in [0.2, 0.25) is 5.95 Å². The molecule has 0 aliphatic carbocycles. The topological polar surface area (TPSA) is 55.0 Å². The van der Waals surface area contributed by atoms with E-state index >= 15 is 0 Å². The molecule has 0 atom stereocenters. The van der Waals surface area contributed by atoms with Gasteiger partial charge >= 0.3 is 0 Å². The quantitative estimate of drug-likeness (QED) is 0.851. The molecule has 1 aliphatic heterocycles. The van der Waals surface area contributed by atoms with Crippen molar-refractivity contribution in [3.63, 3.8) is 0 Å². The lowest BCUT2D eigenvalue weighted by atomic mass is 10.0. The van der Waals surface area contributed by atoms with E-state index in [1.165, 1.54) is 12.8 Å². The SMILES string of the molecule is Cc1nc(N2CCCC2)nc(-c2ccccc2N)c1C. The van der Waals surface area contributed by atoms with Crippen molar-refractivity contribution in [3.05, 3.63) is 35.5 Å². The van der Waals surface area contributed by atoms with Crippen LogP contribution in [0, 0.1) is 13.8 Å². The maximum atomic E-state index is 6.10. The fraction of sp³-hybridized carbons (Fsp3) is 0.375. The van der Waals surface area contributed by atoms with Crippen LogP contribution in [-0.2, 0) is 0 Å². The number of nitrogens with zero attached hydrogens (tertiary/aromatic N) is 3. The Morgan fingerprint density at radius 2 is 1.75 bits per heavy atom. The Labute approximate surface area is 119 Å². The summed E-state index contributed by atoms with van der Waals surface area (Å²) in [6.45, 7) is 6.20. The van der Waals surface area contributed by atoms with Crippen LogP contribution in [0.4, 0.5) is 11.6 Å². The number of anilines is 2. The lowest BCUT2D eigenvalue weighted by Crippen LogP contribution is -2.21. The van der Waals surface area contributed by atoms with Crippen LogP contribution >= 0.6 is 0 Å². The van der Waals surface area contributed by atoms with Crippen molar-refractivity contribution in [3.8, 4) is 11.3 Å². The second-order valence-electron chi connectivity index (χ2n) is 5.36. The van der Waals surface area contributed by atoms with Crippen LogP contribution in [0.5, 0.6) is 0 Å². The van der Waals surface area contributed by atoms with Gasteiger partial charge in [-0.2, -0.15) is 0 Å². The molecule has 0 bridgehead atoms. The molecule has 104 valence electrons. The van der Waals surface area contributed by atoms with Crippen LogP contribution in [-0.4, -0.2) is 23.1 Å². The van der Waals surface area contributed by atoms with E-state index < -0.39 is 0 Å². The maximum absolute atomic E-state index is 6.10. The summed E-state index contributed by atoms with van der Waals surface area (Å²) >= 11 is 0. The van der Waals surface area contributed by atoms with E-state index in [2.05, 4.69) is 16.8 Å². The first-order valence-electron chi connectivity index (χ1n) is 7.12. The molecule has 4 nitrogen and oxygen atoms in total. The zero-order valence-electron chi connectivity index (χ0n) is 12.1. The van der Waals surface area contributed by atoms with E-state index in [-0.39, 0.29) is 0 Å². The van der Waals surface area contributed by atoms with Gasteiger partial charge in [-0.3, -0.25) is 0 Å². The maximum Gasteiger partial charge on any atom is 0.226 e. The second kappa shape index (κ2) is 5.12. The Hall–Kier alpha value is -2.10. The van der Waals surface area contributed by atoms with E-state index in [0.29, 0.717) is 0 Å².